The molecule has 0 saturated carbocycles. The highest BCUT2D eigenvalue weighted by Crippen LogP contribution is 2.19. The molecule has 0 bridgehead atoms. The SMILES string of the molecule is O=C(Nc1ccc(Nc2ccccc2)cc1)c1ccc(-n2cccc2)cc1. The molecule has 0 aliphatic carbocycles. The molecule has 0 aliphatic heterocycles. The number of nitrogens with zero attached hydrogens (tertiary/aromatic N) is 1. The molecule has 0 fully saturated rings. The molecule has 4 heteroatoms. The first-order chi connectivity index (χ1) is 13.3. The van der Waals surface area contributed by atoms with Gasteiger partial charge < -0.3 is 15.2 Å². The lowest BCUT2D eigenvalue weighted by molar-refractivity contribution is 0.102. The molecular formula is C23H19N3O. The Morgan fingerprint density at radius 2 is 1.22 bits per heavy atom. The van der Waals surface area contributed by atoms with Crippen molar-refractivity contribution in [2.45, 2.75) is 0 Å². The largest absolute Gasteiger partial charge is 0.356 e. The van der Waals surface area contributed by atoms with E-state index >= 15 is 0 Å². The van der Waals surface area contributed by atoms with E-state index in [-0.39, 0.29) is 5.91 Å². The summed E-state index contributed by atoms with van der Waals surface area (Å²) in [4.78, 5) is 12.5. The van der Waals surface area contributed by atoms with Gasteiger partial charge in [0.05, 0.1) is 0 Å². The number of carbonyl (C=O) groups excluding carboxylic acids is 1. The number of rotatable bonds is 5. The van der Waals surface area contributed by atoms with E-state index in [1.807, 2.05) is 108 Å². The zero-order chi connectivity index (χ0) is 18.5. The monoisotopic (exact) mass is 353 g/mol. The Morgan fingerprint density at radius 1 is 0.630 bits per heavy atom. The third-order valence-electron chi connectivity index (χ3n) is 4.24. The summed E-state index contributed by atoms with van der Waals surface area (Å²) in [6, 6.07) is 29.1. The van der Waals surface area contributed by atoms with Crippen LogP contribution < -0.4 is 10.6 Å². The van der Waals surface area contributed by atoms with Crippen LogP contribution in [0, 0.1) is 0 Å². The number of para-hydroxylation sites is 1. The predicted molar refractivity (Wildman–Crippen MR) is 110 cm³/mol. The summed E-state index contributed by atoms with van der Waals surface area (Å²) >= 11 is 0. The molecule has 1 aromatic heterocycles. The van der Waals surface area contributed by atoms with Gasteiger partial charge in [0.2, 0.25) is 0 Å². The van der Waals surface area contributed by atoms with Crippen molar-refractivity contribution >= 4 is 23.0 Å². The van der Waals surface area contributed by atoms with E-state index in [2.05, 4.69) is 10.6 Å². The fourth-order valence-electron chi connectivity index (χ4n) is 2.82. The van der Waals surface area contributed by atoms with Crippen LogP contribution in [0.25, 0.3) is 5.69 Å². The molecule has 3 aromatic carbocycles. The van der Waals surface area contributed by atoms with Crippen molar-refractivity contribution < 1.29 is 4.79 Å². The van der Waals surface area contributed by atoms with Crippen molar-refractivity contribution in [3.8, 4) is 5.69 Å². The highest BCUT2D eigenvalue weighted by atomic mass is 16.1. The Morgan fingerprint density at radius 3 is 1.89 bits per heavy atom. The smallest absolute Gasteiger partial charge is 0.255 e. The summed E-state index contributed by atoms with van der Waals surface area (Å²) in [5.41, 5.74) is 4.39. The fraction of sp³-hybridized carbons (Fsp3) is 0. The number of hydrogen-bond donors (Lipinski definition) is 2. The van der Waals surface area contributed by atoms with Gasteiger partial charge in [-0.3, -0.25) is 4.79 Å². The zero-order valence-corrected chi connectivity index (χ0v) is 14.7. The molecular weight excluding hydrogens is 334 g/mol. The third kappa shape index (κ3) is 4.07. The van der Waals surface area contributed by atoms with Gasteiger partial charge in [-0.15, -0.1) is 0 Å². The third-order valence-corrected chi connectivity index (χ3v) is 4.24. The van der Waals surface area contributed by atoms with E-state index in [0.29, 0.717) is 5.56 Å². The van der Waals surface area contributed by atoms with Crippen molar-refractivity contribution in [1.82, 2.24) is 4.57 Å². The maximum Gasteiger partial charge on any atom is 0.255 e. The van der Waals surface area contributed by atoms with Gasteiger partial charge in [-0.2, -0.15) is 0 Å². The van der Waals surface area contributed by atoms with Gasteiger partial charge in [-0.05, 0) is 72.8 Å². The number of amides is 1. The summed E-state index contributed by atoms with van der Waals surface area (Å²) in [6.45, 7) is 0. The molecule has 4 rings (SSSR count). The van der Waals surface area contributed by atoms with E-state index in [0.717, 1.165) is 22.7 Å². The van der Waals surface area contributed by atoms with Crippen LogP contribution in [0.3, 0.4) is 0 Å². The summed E-state index contributed by atoms with van der Waals surface area (Å²) in [7, 11) is 0. The topological polar surface area (TPSA) is 46.1 Å². The second-order valence-electron chi connectivity index (χ2n) is 6.16. The fourth-order valence-corrected chi connectivity index (χ4v) is 2.82. The summed E-state index contributed by atoms with van der Waals surface area (Å²) in [5, 5.41) is 6.25. The average Bonchev–Trinajstić information content (AvgIpc) is 3.25. The van der Waals surface area contributed by atoms with Gasteiger partial charge in [0.15, 0.2) is 0 Å². The first kappa shape index (κ1) is 16.7. The maximum atomic E-state index is 12.5. The van der Waals surface area contributed by atoms with Crippen LogP contribution in [0.15, 0.2) is 103 Å². The van der Waals surface area contributed by atoms with Gasteiger partial charge in [0, 0.05) is 40.7 Å². The van der Waals surface area contributed by atoms with Crippen LogP contribution in [0.2, 0.25) is 0 Å². The summed E-state index contributed by atoms with van der Waals surface area (Å²) < 4.78 is 2.00. The van der Waals surface area contributed by atoms with Gasteiger partial charge in [0.25, 0.3) is 5.91 Å². The molecule has 1 amide bonds. The Hall–Kier alpha value is -3.79. The van der Waals surface area contributed by atoms with Crippen LogP contribution in [0.4, 0.5) is 17.1 Å². The molecule has 4 aromatic rings. The maximum absolute atomic E-state index is 12.5. The van der Waals surface area contributed by atoms with Crippen molar-refractivity contribution in [1.29, 1.82) is 0 Å². The lowest BCUT2D eigenvalue weighted by Gasteiger charge is -2.09. The van der Waals surface area contributed by atoms with Crippen molar-refractivity contribution in [3.63, 3.8) is 0 Å². The molecule has 0 atom stereocenters. The van der Waals surface area contributed by atoms with Crippen LogP contribution >= 0.6 is 0 Å². The second kappa shape index (κ2) is 7.62. The normalized spacial score (nSPS) is 10.4. The second-order valence-corrected chi connectivity index (χ2v) is 6.16. The number of anilines is 3. The minimum atomic E-state index is -0.127. The number of nitrogens with one attached hydrogen (secondary N) is 2. The van der Waals surface area contributed by atoms with Gasteiger partial charge in [-0.1, -0.05) is 18.2 Å². The van der Waals surface area contributed by atoms with E-state index < -0.39 is 0 Å². The van der Waals surface area contributed by atoms with Crippen LogP contribution in [-0.2, 0) is 0 Å². The Balaban J connectivity index is 1.40. The average molecular weight is 353 g/mol. The molecule has 27 heavy (non-hydrogen) atoms. The number of benzene rings is 3. The van der Waals surface area contributed by atoms with Crippen LogP contribution in [0.5, 0.6) is 0 Å². The first-order valence-electron chi connectivity index (χ1n) is 8.75. The minimum Gasteiger partial charge on any atom is -0.356 e. The molecule has 1 heterocycles. The highest BCUT2D eigenvalue weighted by molar-refractivity contribution is 6.04. The van der Waals surface area contributed by atoms with E-state index in [1.54, 1.807) is 0 Å². The van der Waals surface area contributed by atoms with Crippen molar-refractivity contribution in [2.24, 2.45) is 0 Å². The summed E-state index contributed by atoms with van der Waals surface area (Å²) in [6.07, 6.45) is 3.94. The van der Waals surface area contributed by atoms with E-state index in [4.69, 9.17) is 0 Å². The molecule has 0 radical (unpaired) electrons. The van der Waals surface area contributed by atoms with Crippen LogP contribution in [0.1, 0.15) is 10.4 Å². The molecule has 4 nitrogen and oxygen atoms in total. The number of hydrogen-bond acceptors (Lipinski definition) is 2. The Bertz CT molecular complexity index is 1010. The van der Waals surface area contributed by atoms with Gasteiger partial charge in [-0.25, -0.2) is 0 Å². The van der Waals surface area contributed by atoms with Gasteiger partial charge in [0.1, 0.15) is 0 Å². The zero-order valence-electron chi connectivity index (χ0n) is 14.7. The number of carbonyl (C=O) groups is 1. The number of aromatic nitrogens is 1. The molecule has 2 N–H and O–H groups in total. The van der Waals surface area contributed by atoms with Crippen molar-refractivity contribution in [3.05, 3.63) is 109 Å². The molecule has 0 saturated heterocycles. The Kier molecular flexibility index (Phi) is 4.70. The Labute approximate surface area is 158 Å². The van der Waals surface area contributed by atoms with E-state index in [9.17, 15) is 4.79 Å². The lowest BCUT2D eigenvalue weighted by Crippen LogP contribution is -2.11. The van der Waals surface area contributed by atoms with E-state index in [1.165, 1.54) is 0 Å². The standard InChI is InChI=1S/C23H19N3O/c27-23(18-8-14-22(15-9-18)26-16-4-5-17-26)25-21-12-10-20(11-13-21)24-19-6-2-1-3-7-19/h1-17,24H,(H,25,27). The summed E-state index contributed by atoms with van der Waals surface area (Å²) in [5.74, 6) is -0.127. The minimum absolute atomic E-state index is 0.127. The lowest BCUT2D eigenvalue weighted by atomic mass is 10.2. The highest BCUT2D eigenvalue weighted by Gasteiger charge is 2.06. The van der Waals surface area contributed by atoms with Crippen molar-refractivity contribution in [2.75, 3.05) is 10.6 Å². The molecule has 132 valence electrons. The van der Waals surface area contributed by atoms with Gasteiger partial charge >= 0.3 is 0 Å². The quantitative estimate of drug-likeness (QED) is 0.499. The molecule has 0 aliphatic rings. The predicted octanol–water partition coefficient (Wildman–Crippen LogP) is 5.47. The molecule has 0 spiro atoms. The van der Waals surface area contributed by atoms with Crippen LogP contribution in [-0.4, -0.2) is 10.5 Å². The molecule has 0 unspecified atom stereocenters. The first-order valence-corrected chi connectivity index (χ1v) is 8.75.